The molecule has 4 heteroatoms. The largest absolute Gasteiger partial charge is 1.00 e. The molecule has 0 aromatic heterocycles. The average Bonchev–Trinajstić information content (AvgIpc) is 2.10. The second-order valence-electron chi connectivity index (χ2n) is 3.36. The van der Waals surface area contributed by atoms with Crippen molar-refractivity contribution in [2.24, 2.45) is 0 Å². The Morgan fingerprint density at radius 2 is 1.79 bits per heavy atom. The van der Waals surface area contributed by atoms with Gasteiger partial charge >= 0.3 is 57.4 Å². The van der Waals surface area contributed by atoms with E-state index in [9.17, 15) is 4.79 Å². The Bertz CT molecular complexity index is 147. The molecule has 2 nitrogen and oxygen atoms in total. The summed E-state index contributed by atoms with van der Waals surface area (Å²) >= 11 is 2.00. The van der Waals surface area contributed by atoms with Crippen LogP contribution in [0.4, 0.5) is 0 Å². The number of aliphatic carboxylic acids is 1. The van der Waals surface area contributed by atoms with Gasteiger partial charge in [0, 0.05) is 0 Å². The molecule has 0 aromatic rings. The van der Waals surface area contributed by atoms with Crippen molar-refractivity contribution in [3.05, 3.63) is 0 Å². The van der Waals surface area contributed by atoms with Crippen molar-refractivity contribution in [1.82, 2.24) is 0 Å². The number of carboxylic acids is 1. The predicted molar refractivity (Wildman–Crippen MR) is 64.5 cm³/mol. The van der Waals surface area contributed by atoms with E-state index < -0.39 is 5.97 Å². The van der Waals surface area contributed by atoms with Crippen LogP contribution < -0.4 is 51.4 Å². The van der Waals surface area contributed by atoms with Gasteiger partial charge in [0.1, 0.15) is 3.92 Å². The topological polar surface area (TPSA) is 37.3 Å². The standard InChI is InChI=1S/C10H19IO2.K.H/c1-2-3-4-5-6-7-8-9(11)10(12)13;;/h9H,2-8H2,1H3,(H,12,13);;/q;+1;-1. The molecule has 0 aliphatic rings. The molecule has 1 N–H and O–H groups in total. The van der Waals surface area contributed by atoms with E-state index in [-0.39, 0.29) is 56.7 Å². The summed E-state index contributed by atoms with van der Waals surface area (Å²) in [6, 6.07) is 0. The molecule has 0 saturated heterocycles. The summed E-state index contributed by atoms with van der Waals surface area (Å²) in [5.74, 6) is -0.672. The van der Waals surface area contributed by atoms with Gasteiger partial charge in [0.2, 0.25) is 0 Å². The molecule has 80 valence electrons. The van der Waals surface area contributed by atoms with Crippen LogP contribution in [0.1, 0.15) is 53.3 Å². The third kappa shape index (κ3) is 11.9. The number of unbranched alkanes of at least 4 members (excludes halogenated alkanes) is 5. The van der Waals surface area contributed by atoms with E-state index in [0.29, 0.717) is 0 Å². The molecule has 0 saturated carbocycles. The van der Waals surface area contributed by atoms with Gasteiger partial charge in [-0.3, -0.25) is 4.79 Å². The average molecular weight is 338 g/mol. The first-order valence-electron chi connectivity index (χ1n) is 5.05. The summed E-state index contributed by atoms with van der Waals surface area (Å²) in [6.07, 6.45) is 8.21. The van der Waals surface area contributed by atoms with Crippen LogP contribution in [-0.4, -0.2) is 15.0 Å². The smallest absolute Gasteiger partial charge is 1.00 e. The van der Waals surface area contributed by atoms with Gasteiger partial charge in [-0.15, -0.1) is 0 Å². The third-order valence-corrected chi connectivity index (χ3v) is 3.23. The number of hydrogen-bond donors (Lipinski definition) is 1. The molecular weight excluding hydrogens is 318 g/mol. The van der Waals surface area contributed by atoms with Crippen molar-refractivity contribution in [3.8, 4) is 0 Å². The Kier molecular flexibility index (Phi) is 16.8. The van der Waals surface area contributed by atoms with Crippen molar-refractivity contribution >= 4 is 28.6 Å². The number of carbonyl (C=O) groups is 1. The van der Waals surface area contributed by atoms with Crippen molar-refractivity contribution in [1.29, 1.82) is 0 Å². The van der Waals surface area contributed by atoms with Gasteiger partial charge < -0.3 is 6.53 Å². The van der Waals surface area contributed by atoms with Crippen LogP contribution in [0.5, 0.6) is 0 Å². The molecule has 0 aliphatic heterocycles. The number of hydrogen-bond acceptors (Lipinski definition) is 1. The van der Waals surface area contributed by atoms with Crippen LogP contribution in [0.3, 0.4) is 0 Å². The van der Waals surface area contributed by atoms with E-state index in [2.05, 4.69) is 6.92 Å². The minimum atomic E-state index is -0.672. The van der Waals surface area contributed by atoms with Crippen molar-refractivity contribution in [3.63, 3.8) is 0 Å². The maximum Gasteiger partial charge on any atom is 1.00 e. The second kappa shape index (κ2) is 12.9. The quantitative estimate of drug-likeness (QED) is 0.307. The first kappa shape index (κ1) is 18.2. The van der Waals surface area contributed by atoms with Gasteiger partial charge in [-0.25, -0.2) is 0 Å². The van der Waals surface area contributed by atoms with Gasteiger partial charge in [0.05, 0.1) is 0 Å². The van der Waals surface area contributed by atoms with Crippen molar-refractivity contribution < 1.29 is 62.7 Å². The van der Waals surface area contributed by atoms with Crippen LogP contribution in [0, 0.1) is 0 Å². The third-order valence-electron chi connectivity index (χ3n) is 2.08. The van der Waals surface area contributed by atoms with Gasteiger partial charge in [-0.1, -0.05) is 68.0 Å². The Hall–Kier alpha value is 1.84. The molecule has 0 aromatic carbocycles. The Balaban J connectivity index is -0.000000720. The van der Waals surface area contributed by atoms with Crippen LogP contribution in [0.25, 0.3) is 0 Å². The Labute approximate surface area is 145 Å². The Morgan fingerprint density at radius 3 is 2.29 bits per heavy atom. The normalized spacial score (nSPS) is 11.9. The fraction of sp³-hybridized carbons (Fsp3) is 0.900. The fourth-order valence-corrected chi connectivity index (χ4v) is 1.67. The molecule has 1 atom stereocenters. The van der Waals surface area contributed by atoms with E-state index in [1.807, 2.05) is 22.6 Å². The maximum atomic E-state index is 10.5. The summed E-state index contributed by atoms with van der Waals surface area (Å²) < 4.78 is -0.191. The van der Waals surface area contributed by atoms with Crippen LogP contribution >= 0.6 is 22.6 Å². The van der Waals surface area contributed by atoms with E-state index in [1.54, 1.807) is 0 Å². The molecule has 0 radical (unpaired) electrons. The minimum Gasteiger partial charge on any atom is -1.00 e. The second-order valence-corrected chi connectivity index (χ2v) is 4.87. The van der Waals surface area contributed by atoms with E-state index in [4.69, 9.17) is 5.11 Å². The SMILES string of the molecule is CCCCCCCCC(I)C(=O)O.[H-].[K+]. The summed E-state index contributed by atoms with van der Waals surface area (Å²) in [6.45, 7) is 2.20. The first-order chi connectivity index (χ1) is 6.18. The monoisotopic (exact) mass is 338 g/mol. The molecule has 0 rings (SSSR count). The summed E-state index contributed by atoms with van der Waals surface area (Å²) in [5.41, 5.74) is 0. The van der Waals surface area contributed by atoms with Crippen LogP contribution in [-0.2, 0) is 4.79 Å². The van der Waals surface area contributed by atoms with Crippen LogP contribution in [0.15, 0.2) is 0 Å². The molecule has 1 unspecified atom stereocenters. The molecule has 14 heavy (non-hydrogen) atoms. The van der Waals surface area contributed by atoms with Gasteiger partial charge in [-0.05, 0) is 6.42 Å². The number of alkyl halides is 1. The van der Waals surface area contributed by atoms with E-state index in [1.165, 1.54) is 32.1 Å². The number of carboxylic acid groups (broad SMARTS) is 1. The van der Waals surface area contributed by atoms with Crippen LogP contribution in [0.2, 0.25) is 0 Å². The number of rotatable bonds is 8. The molecule has 0 fully saturated rings. The zero-order valence-corrected chi connectivity index (χ0v) is 14.5. The predicted octanol–water partition coefficient (Wildman–Crippen LogP) is 0.742. The molecule has 0 bridgehead atoms. The zero-order chi connectivity index (χ0) is 10.1. The molecule has 0 heterocycles. The molecule has 0 aliphatic carbocycles. The molecule has 0 spiro atoms. The van der Waals surface area contributed by atoms with Gasteiger partial charge in [0.25, 0.3) is 0 Å². The summed E-state index contributed by atoms with van der Waals surface area (Å²) in [5, 5.41) is 8.62. The van der Waals surface area contributed by atoms with Crippen molar-refractivity contribution in [2.45, 2.75) is 55.8 Å². The molecule has 0 amide bonds. The molecular formula is C10H20IKO2. The zero-order valence-electron chi connectivity index (χ0n) is 10.3. The Morgan fingerprint density at radius 1 is 1.29 bits per heavy atom. The summed E-state index contributed by atoms with van der Waals surface area (Å²) in [7, 11) is 0. The number of halogens is 1. The summed E-state index contributed by atoms with van der Waals surface area (Å²) in [4.78, 5) is 10.5. The first-order valence-corrected chi connectivity index (χ1v) is 6.30. The minimum absolute atomic E-state index is 0. The van der Waals surface area contributed by atoms with E-state index >= 15 is 0 Å². The fourth-order valence-electron chi connectivity index (χ4n) is 1.23. The van der Waals surface area contributed by atoms with E-state index in [0.717, 1.165) is 12.8 Å². The maximum absolute atomic E-state index is 10.5. The van der Waals surface area contributed by atoms with Gasteiger partial charge in [0.15, 0.2) is 0 Å². The van der Waals surface area contributed by atoms with Gasteiger partial charge in [-0.2, -0.15) is 0 Å². The van der Waals surface area contributed by atoms with Crippen molar-refractivity contribution in [2.75, 3.05) is 0 Å².